The van der Waals surface area contributed by atoms with E-state index in [9.17, 15) is 0 Å². The number of anilines is 1. The zero-order chi connectivity index (χ0) is 14.2. The van der Waals surface area contributed by atoms with Crippen LogP contribution in [0.3, 0.4) is 0 Å². The van der Waals surface area contributed by atoms with Crippen molar-refractivity contribution >= 4 is 16.8 Å². The van der Waals surface area contributed by atoms with Crippen LogP contribution in [0.2, 0.25) is 0 Å². The molecule has 3 aromatic rings. The van der Waals surface area contributed by atoms with Gasteiger partial charge in [-0.15, -0.1) is 0 Å². The van der Waals surface area contributed by atoms with Crippen LogP contribution in [0.5, 0.6) is 0 Å². The molecule has 4 heteroatoms. The van der Waals surface area contributed by atoms with Crippen LogP contribution in [0.4, 0.5) is 5.69 Å². The highest BCUT2D eigenvalue weighted by Crippen LogP contribution is 2.24. The minimum atomic E-state index is 0.673. The molecule has 0 aliphatic carbocycles. The lowest BCUT2D eigenvalue weighted by Crippen LogP contribution is -2.30. The highest BCUT2D eigenvalue weighted by atomic mass is 16.3. The van der Waals surface area contributed by atoms with Gasteiger partial charge in [-0.25, -0.2) is 4.98 Å². The number of fused-ring (bicyclic) bond motifs is 2. The number of nitrogens with zero attached hydrogens (tertiary/aromatic N) is 2. The van der Waals surface area contributed by atoms with Crippen LogP contribution in [-0.4, -0.2) is 16.4 Å². The van der Waals surface area contributed by atoms with Crippen LogP contribution in [0.25, 0.3) is 11.1 Å². The molecule has 0 fully saturated rings. The smallest absolute Gasteiger partial charge is 0.209 e. The molecule has 4 rings (SSSR count). The molecule has 0 unspecified atom stereocenters. The maximum atomic E-state index is 5.93. The number of nitrogen functional groups attached to an aromatic ring is 1. The first kappa shape index (κ1) is 12.4. The third kappa shape index (κ3) is 2.28. The van der Waals surface area contributed by atoms with Crippen molar-refractivity contribution in [2.45, 2.75) is 19.5 Å². The molecule has 1 aliphatic heterocycles. The van der Waals surface area contributed by atoms with E-state index in [-0.39, 0.29) is 0 Å². The van der Waals surface area contributed by atoms with Gasteiger partial charge < -0.3 is 10.2 Å². The van der Waals surface area contributed by atoms with Crippen LogP contribution in [0.1, 0.15) is 17.0 Å². The van der Waals surface area contributed by atoms with Crippen molar-refractivity contribution < 1.29 is 4.42 Å². The molecule has 0 spiro atoms. The summed E-state index contributed by atoms with van der Waals surface area (Å²) in [5.74, 6) is 0.738. The second kappa shape index (κ2) is 4.90. The van der Waals surface area contributed by atoms with Crippen molar-refractivity contribution in [3.8, 4) is 0 Å². The SMILES string of the molecule is Nc1cccc2oc(CN3CCc4ccccc4C3)nc12. The van der Waals surface area contributed by atoms with Crippen molar-refractivity contribution in [1.82, 2.24) is 9.88 Å². The van der Waals surface area contributed by atoms with Crippen molar-refractivity contribution in [3.05, 3.63) is 59.5 Å². The Kier molecular flexibility index (Phi) is 2.89. The van der Waals surface area contributed by atoms with Crippen LogP contribution in [0.15, 0.2) is 46.9 Å². The minimum Gasteiger partial charge on any atom is -0.439 e. The summed E-state index contributed by atoms with van der Waals surface area (Å²) in [6.45, 7) is 2.71. The number of oxazole rings is 1. The largest absolute Gasteiger partial charge is 0.439 e. The fourth-order valence-electron chi connectivity index (χ4n) is 2.96. The van der Waals surface area contributed by atoms with Gasteiger partial charge in [0.25, 0.3) is 0 Å². The van der Waals surface area contributed by atoms with Gasteiger partial charge in [-0.1, -0.05) is 30.3 Å². The Hall–Kier alpha value is -2.33. The maximum absolute atomic E-state index is 5.93. The Balaban J connectivity index is 1.57. The van der Waals surface area contributed by atoms with E-state index in [2.05, 4.69) is 34.1 Å². The van der Waals surface area contributed by atoms with Gasteiger partial charge in [0.15, 0.2) is 5.58 Å². The molecule has 1 aromatic heterocycles. The van der Waals surface area contributed by atoms with E-state index in [1.165, 1.54) is 11.1 Å². The number of aromatic nitrogens is 1. The lowest BCUT2D eigenvalue weighted by Gasteiger charge is -2.27. The Labute approximate surface area is 123 Å². The van der Waals surface area contributed by atoms with Crippen LogP contribution < -0.4 is 5.73 Å². The first-order chi connectivity index (χ1) is 10.3. The summed E-state index contributed by atoms with van der Waals surface area (Å²) in [6, 6.07) is 14.3. The molecular formula is C17H17N3O. The van der Waals surface area contributed by atoms with Gasteiger partial charge in [-0.3, -0.25) is 4.90 Å². The maximum Gasteiger partial charge on any atom is 0.209 e. The first-order valence-electron chi connectivity index (χ1n) is 7.22. The van der Waals surface area contributed by atoms with Gasteiger partial charge in [-0.05, 0) is 29.7 Å². The number of hydrogen-bond acceptors (Lipinski definition) is 4. The van der Waals surface area contributed by atoms with Gasteiger partial charge in [0.2, 0.25) is 5.89 Å². The van der Waals surface area contributed by atoms with Crippen LogP contribution in [0, 0.1) is 0 Å². The van der Waals surface area contributed by atoms with Gasteiger partial charge >= 0.3 is 0 Å². The Bertz CT molecular complexity index is 794. The number of nitrogens with two attached hydrogens (primary N) is 1. The molecule has 21 heavy (non-hydrogen) atoms. The standard InChI is InChI=1S/C17H17N3O/c18-14-6-3-7-15-17(14)19-16(21-15)11-20-9-8-12-4-1-2-5-13(12)10-20/h1-7H,8-11,18H2. The van der Waals surface area contributed by atoms with Gasteiger partial charge in [0, 0.05) is 13.1 Å². The molecule has 1 aliphatic rings. The molecule has 4 nitrogen and oxygen atoms in total. The lowest BCUT2D eigenvalue weighted by atomic mass is 10.00. The summed E-state index contributed by atoms with van der Waals surface area (Å²) in [6.07, 6.45) is 1.08. The Morgan fingerprint density at radius 3 is 2.81 bits per heavy atom. The fraction of sp³-hybridized carbons (Fsp3) is 0.235. The predicted octanol–water partition coefficient (Wildman–Crippen LogP) is 2.97. The Morgan fingerprint density at radius 1 is 1.10 bits per heavy atom. The first-order valence-corrected chi connectivity index (χ1v) is 7.22. The molecular weight excluding hydrogens is 262 g/mol. The molecule has 0 atom stereocenters. The average molecular weight is 279 g/mol. The topological polar surface area (TPSA) is 55.3 Å². The fourth-order valence-corrected chi connectivity index (χ4v) is 2.96. The van der Waals surface area contributed by atoms with E-state index in [1.54, 1.807) is 0 Å². The third-order valence-corrected chi connectivity index (χ3v) is 4.06. The number of hydrogen-bond donors (Lipinski definition) is 1. The second-order valence-electron chi connectivity index (χ2n) is 5.53. The van der Waals surface area contributed by atoms with E-state index in [1.807, 2.05) is 18.2 Å². The van der Waals surface area contributed by atoms with Crippen molar-refractivity contribution in [2.24, 2.45) is 0 Å². The van der Waals surface area contributed by atoms with E-state index in [4.69, 9.17) is 10.2 Å². The number of rotatable bonds is 2. The van der Waals surface area contributed by atoms with Gasteiger partial charge in [0.1, 0.15) is 5.52 Å². The highest BCUT2D eigenvalue weighted by Gasteiger charge is 2.18. The molecule has 2 aromatic carbocycles. The zero-order valence-corrected chi connectivity index (χ0v) is 11.7. The molecule has 106 valence electrons. The monoisotopic (exact) mass is 279 g/mol. The molecule has 0 radical (unpaired) electrons. The predicted molar refractivity (Wildman–Crippen MR) is 82.7 cm³/mol. The molecule has 2 N–H and O–H groups in total. The third-order valence-electron chi connectivity index (χ3n) is 4.06. The number of para-hydroxylation sites is 1. The summed E-state index contributed by atoms with van der Waals surface area (Å²) in [5, 5.41) is 0. The Morgan fingerprint density at radius 2 is 1.95 bits per heavy atom. The second-order valence-corrected chi connectivity index (χ2v) is 5.53. The number of benzene rings is 2. The van der Waals surface area contributed by atoms with E-state index >= 15 is 0 Å². The van der Waals surface area contributed by atoms with E-state index < -0.39 is 0 Å². The van der Waals surface area contributed by atoms with E-state index in [0.717, 1.165) is 43.0 Å². The summed E-state index contributed by atoms with van der Waals surface area (Å²) in [4.78, 5) is 6.89. The summed E-state index contributed by atoms with van der Waals surface area (Å²) >= 11 is 0. The average Bonchev–Trinajstić information content (AvgIpc) is 2.91. The van der Waals surface area contributed by atoms with Crippen molar-refractivity contribution in [1.29, 1.82) is 0 Å². The zero-order valence-electron chi connectivity index (χ0n) is 11.7. The normalized spacial score (nSPS) is 15.2. The summed E-state index contributed by atoms with van der Waals surface area (Å²) in [7, 11) is 0. The lowest BCUT2D eigenvalue weighted by molar-refractivity contribution is 0.223. The molecule has 0 bridgehead atoms. The van der Waals surface area contributed by atoms with Crippen molar-refractivity contribution in [2.75, 3.05) is 12.3 Å². The molecule has 0 saturated carbocycles. The quantitative estimate of drug-likeness (QED) is 0.733. The molecule has 2 heterocycles. The van der Waals surface area contributed by atoms with Crippen LogP contribution in [-0.2, 0) is 19.5 Å². The minimum absolute atomic E-state index is 0.673. The molecule has 0 saturated heterocycles. The van der Waals surface area contributed by atoms with Gasteiger partial charge in [-0.2, -0.15) is 0 Å². The summed E-state index contributed by atoms with van der Waals surface area (Å²) in [5.41, 5.74) is 11.0. The van der Waals surface area contributed by atoms with Crippen LogP contribution >= 0.6 is 0 Å². The van der Waals surface area contributed by atoms with E-state index in [0.29, 0.717) is 5.69 Å². The highest BCUT2D eigenvalue weighted by molar-refractivity contribution is 5.85. The molecule has 0 amide bonds. The van der Waals surface area contributed by atoms with Gasteiger partial charge in [0.05, 0.1) is 12.2 Å². The van der Waals surface area contributed by atoms with Crippen molar-refractivity contribution in [3.63, 3.8) is 0 Å². The summed E-state index contributed by atoms with van der Waals surface area (Å²) < 4.78 is 5.81.